The molecule has 2 fully saturated rings. The predicted octanol–water partition coefficient (Wildman–Crippen LogP) is 1.85. The quantitative estimate of drug-likeness (QED) is 0.715. The molecular weight excluding hydrogens is 192 g/mol. The van der Waals surface area contributed by atoms with Crippen LogP contribution in [0.1, 0.15) is 27.7 Å². The van der Waals surface area contributed by atoms with Gasteiger partial charge >= 0.3 is 0 Å². The second-order valence-corrected chi connectivity index (χ2v) is 5.71. The molecule has 0 aromatic rings. The fraction of sp³-hybridized carbons (Fsp3) is 1.00. The summed E-state index contributed by atoms with van der Waals surface area (Å²) in [6.45, 7) is 12.1. The Labute approximate surface area is 92.1 Å². The van der Waals surface area contributed by atoms with Gasteiger partial charge in [-0.1, -0.05) is 13.8 Å². The second-order valence-electron chi connectivity index (χ2n) is 5.71. The monoisotopic (exact) mass is 214 g/mol. The summed E-state index contributed by atoms with van der Waals surface area (Å²) in [5, 5.41) is 0. The first-order chi connectivity index (χ1) is 6.96. The van der Waals surface area contributed by atoms with E-state index >= 15 is 0 Å². The summed E-state index contributed by atoms with van der Waals surface area (Å²) in [6, 6.07) is 0. The Balaban J connectivity index is 1.85. The molecule has 0 spiro atoms. The Morgan fingerprint density at radius 2 is 1.20 bits per heavy atom. The van der Waals surface area contributed by atoms with Gasteiger partial charge < -0.3 is 14.2 Å². The molecule has 15 heavy (non-hydrogen) atoms. The largest absolute Gasteiger partial charge is 0.380 e. The molecule has 0 aromatic heterocycles. The van der Waals surface area contributed by atoms with Crippen LogP contribution in [0.3, 0.4) is 0 Å². The normalized spacial score (nSPS) is 31.2. The van der Waals surface area contributed by atoms with Crippen LogP contribution in [0.5, 0.6) is 0 Å². The maximum Gasteiger partial charge on any atom is 0.0648 e. The van der Waals surface area contributed by atoms with Gasteiger partial charge in [-0.25, -0.2) is 0 Å². The van der Waals surface area contributed by atoms with E-state index in [0.717, 1.165) is 26.4 Å². The van der Waals surface area contributed by atoms with Crippen LogP contribution in [0.2, 0.25) is 0 Å². The summed E-state index contributed by atoms with van der Waals surface area (Å²) < 4.78 is 16.6. The molecule has 0 aromatic carbocycles. The predicted molar refractivity (Wildman–Crippen MR) is 57.9 cm³/mol. The fourth-order valence-electron chi connectivity index (χ4n) is 1.95. The molecule has 2 heterocycles. The minimum absolute atomic E-state index is 0.217. The SMILES string of the molecule is CC(OC(C)C1(C)COC1)C1(C)COC1. The zero-order valence-corrected chi connectivity index (χ0v) is 10.2. The van der Waals surface area contributed by atoms with Crippen molar-refractivity contribution in [3.05, 3.63) is 0 Å². The van der Waals surface area contributed by atoms with E-state index in [1.807, 2.05) is 0 Å². The van der Waals surface area contributed by atoms with Crippen molar-refractivity contribution < 1.29 is 14.2 Å². The number of hydrogen-bond acceptors (Lipinski definition) is 3. The van der Waals surface area contributed by atoms with Crippen LogP contribution < -0.4 is 0 Å². The average Bonchev–Trinajstić information content (AvgIpc) is 2.09. The smallest absolute Gasteiger partial charge is 0.0648 e. The summed E-state index contributed by atoms with van der Waals surface area (Å²) in [6.07, 6.45) is 0.525. The molecule has 0 aliphatic carbocycles. The fourth-order valence-corrected chi connectivity index (χ4v) is 1.95. The molecule has 0 bridgehead atoms. The summed E-state index contributed by atoms with van der Waals surface area (Å²) in [5.74, 6) is 0. The van der Waals surface area contributed by atoms with E-state index in [2.05, 4.69) is 27.7 Å². The van der Waals surface area contributed by atoms with Crippen molar-refractivity contribution in [2.75, 3.05) is 26.4 Å². The summed E-state index contributed by atoms with van der Waals surface area (Å²) in [7, 11) is 0. The van der Waals surface area contributed by atoms with Crippen LogP contribution in [0.25, 0.3) is 0 Å². The lowest BCUT2D eigenvalue weighted by molar-refractivity contribution is -0.229. The van der Waals surface area contributed by atoms with Gasteiger partial charge in [0.05, 0.1) is 38.6 Å². The Hall–Kier alpha value is -0.120. The number of ether oxygens (including phenoxy) is 3. The van der Waals surface area contributed by atoms with Gasteiger partial charge in [0.1, 0.15) is 0 Å². The highest BCUT2D eigenvalue weighted by Crippen LogP contribution is 2.38. The lowest BCUT2D eigenvalue weighted by atomic mass is 9.80. The molecule has 0 radical (unpaired) electrons. The van der Waals surface area contributed by atoms with Gasteiger partial charge in [-0.15, -0.1) is 0 Å². The number of hydrogen-bond donors (Lipinski definition) is 0. The third kappa shape index (κ3) is 1.93. The zero-order valence-electron chi connectivity index (χ0n) is 10.2. The summed E-state index contributed by atoms with van der Waals surface area (Å²) in [4.78, 5) is 0. The van der Waals surface area contributed by atoms with Crippen LogP contribution in [0.4, 0.5) is 0 Å². The third-order valence-corrected chi connectivity index (χ3v) is 4.10. The van der Waals surface area contributed by atoms with E-state index in [1.165, 1.54) is 0 Å². The van der Waals surface area contributed by atoms with Gasteiger partial charge in [-0.2, -0.15) is 0 Å². The van der Waals surface area contributed by atoms with E-state index in [1.54, 1.807) is 0 Å². The molecule has 2 aliphatic rings. The van der Waals surface area contributed by atoms with Crippen molar-refractivity contribution in [2.24, 2.45) is 10.8 Å². The lowest BCUT2D eigenvalue weighted by Crippen LogP contribution is -2.54. The Morgan fingerprint density at radius 1 is 0.867 bits per heavy atom. The van der Waals surface area contributed by atoms with Gasteiger partial charge in [0.2, 0.25) is 0 Å². The highest BCUT2D eigenvalue weighted by molar-refractivity contribution is 4.91. The van der Waals surface area contributed by atoms with E-state index in [9.17, 15) is 0 Å². The average molecular weight is 214 g/mol. The topological polar surface area (TPSA) is 27.7 Å². The van der Waals surface area contributed by atoms with E-state index in [0.29, 0.717) is 0 Å². The Kier molecular flexibility index (Phi) is 2.82. The maximum absolute atomic E-state index is 6.10. The first kappa shape index (κ1) is 11.4. The zero-order chi connectivity index (χ0) is 11.1. The first-order valence-corrected chi connectivity index (χ1v) is 5.77. The van der Waals surface area contributed by atoms with Crippen molar-refractivity contribution in [2.45, 2.75) is 39.9 Å². The van der Waals surface area contributed by atoms with Gasteiger partial charge in [0.15, 0.2) is 0 Å². The van der Waals surface area contributed by atoms with Crippen molar-refractivity contribution in [1.82, 2.24) is 0 Å². The molecular formula is C12H22O3. The van der Waals surface area contributed by atoms with Gasteiger partial charge in [-0.3, -0.25) is 0 Å². The van der Waals surface area contributed by atoms with Gasteiger partial charge in [-0.05, 0) is 13.8 Å². The van der Waals surface area contributed by atoms with Crippen LogP contribution in [0.15, 0.2) is 0 Å². The van der Waals surface area contributed by atoms with E-state index in [-0.39, 0.29) is 23.0 Å². The molecule has 0 saturated carbocycles. The molecule has 2 unspecified atom stereocenters. The minimum Gasteiger partial charge on any atom is -0.380 e. The molecule has 88 valence electrons. The third-order valence-electron chi connectivity index (χ3n) is 4.10. The first-order valence-electron chi connectivity index (χ1n) is 5.77. The highest BCUT2D eigenvalue weighted by Gasteiger charge is 2.45. The second kappa shape index (κ2) is 3.72. The van der Waals surface area contributed by atoms with E-state index < -0.39 is 0 Å². The van der Waals surface area contributed by atoms with Gasteiger partial charge in [0.25, 0.3) is 0 Å². The van der Waals surface area contributed by atoms with E-state index in [4.69, 9.17) is 14.2 Å². The summed E-state index contributed by atoms with van der Waals surface area (Å²) in [5.41, 5.74) is 0.435. The molecule has 2 saturated heterocycles. The standard InChI is InChI=1S/C12H22O3/c1-9(11(3)5-13-6-11)15-10(2)12(4)7-14-8-12/h9-10H,5-8H2,1-4H3. The Bertz CT molecular complexity index is 207. The van der Waals surface area contributed by atoms with Crippen LogP contribution in [-0.4, -0.2) is 38.6 Å². The van der Waals surface area contributed by atoms with Crippen LogP contribution >= 0.6 is 0 Å². The molecule has 2 aliphatic heterocycles. The molecule has 2 atom stereocenters. The molecule has 3 nitrogen and oxygen atoms in total. The lowest BCUT2D eigenvalue weighted by Gasteiger charge is -2.48. The Morgan fingerprint density at radius 3 is 1.40 bits per heavy atom. The molecule has 3 heteroatoms. The van der Waals surface area contributed by atoms with Crippen molar-refractivity contribution in [1.29, 1.82) is 0 Å². The van der Waals surface area contributed by atoms with Crippen LogP contribution in [0, 0.1) is 10.8 Å². The molecule has 0 N–H and O–H groups in total. The summed E-state index contributed by atoms with van der Waals surface area (Å²) >= 11 is 0. The molecule has 0 amide bonds. The maximum atomic E-state index is 6.10. The highest BCUT2D eigenvalue weighted by atomic mass is 16.5. The van der Waals surface area contributed by atoms with Gasteiger partial charge in [0, 0.05) is 10.8 Å². The minimum atomic E-state index is 0.217. The molecule has 2 rings (SSSR count). The van der Waals surface area contributed by atoms with Crippen molar-refractivity contribution >= 4 is 0 Å². The number of rotatable bonds is 4. The van der Waals surface area contributed by atoms with Crippen molar-refractivity contribution in [3.8, 4) is 0 Å². The van der Waals surface area contributed by atoms with Crippen molar-refractivity contribution in [3.63, 3.8) is 0 Å². The van der Waals surface area contributed by atoms with Crippen LogP contribution in [-0.2, 0) is 14.2 Å².